The predicted octanol–water partition coefficient (Wildman–Crippen LogP) is 5.47. The molecule has 35 heavy (non-hydrogen) atoms. The van der Waals surface area contributed by atoms with Gasteiger partial charge in [0.25, 0.3) is 0 Å². The predicted molar refractivity (Wildman–Crippen MR) is 134 cm³/mol. The Morgan fingerprint density at radius 3 is 2.63 bits per heavy atom. The summed E-state index contributed by atoms with van der Waals surface area (Å²) < 4.78 is 22.9. The van der Waals surface area contributed by atoms with E-state index in [2.05, 4.69) is 21.0 Å². The van der Waals surface area contributed by atoms with Gasteiger partial charge in [0.2, 0.25) is 5.88 Å². The molecule has 184 valence electrons. The molecule has 1 amide bonds. The molecule has 0 fully saturated rings. The standard InChI is InChI=1S/C26H30N4O5/c1-16-11-17-12-18(7-8-20(17)29-16)34-24-19-13-22(32-6)23(14-21(19)27-15-28-24)33-10-9-30(5)25(31)35-26(2,3)4/h7-8,11-15,29H,9-10H2,1-6H3. The van der Waals surface area contributed by atoms with Crippen molar-refractivity contribution in [2.24, 2.45) is 0 Å². The fraction of sp³-hybridized carbons (Fsp3) is 0.346. The third-order valence-corrected chi connectivity index (χ3v) is 5.22. The molecule has 2 aromatic heterocycles. The van der Waals surface area contributed by atoms with Crippen LogP contribution in [-0.2, 0) is 4.74 Å². The maximum Gasteiger partial charge on any atom is 0.410 e. The van der Waals surface area contributed by atoms with Gasteiger partial charge in [-0.25, -0.2) is 14.8 Å². The van der Waals surface area contributed by atoms with E-state index in [0.29, 0.717) is 40.6 Å². The van der Waals surface area contributed by atoms with Gasteiger partial charge in [-0.1, -0.05) is 0 Å². The van der Waals surface area contributed by atoms with Crippen molar-refractivity contribution in [1.29, 1.82) is 0 Å². The summed E-state index contributed by atoms with van der Waals surface area (Å²) in [5, 5.41) is 1.75. The highest BCUT2D eigenvalue weighted by atomic mass is 16.6. The summed E-state index contributed by atoms with van der Waals surface area (Å²) in [6.45, 7) is 8.09. The highest BCUT2D eigenvalue weighted by molar-refractivity contribution is 5.87. The number of methoxy groups -OCH3 is 1. The number of carbonyl (C=O) groups excluding carboxylic acids is 1. The third kappa shape index (κ3) is 5.74. The zero-order valence-corrected chi connectivity index (χ0v) is 20.8. The van der Waals surface area contributed by atoms with E-state index < -0.39 is 11.7 Å². The van der Waals surface area contributed by atoms with Gasteiger partial charge in [-0.05, 0) is 58.0 Å². The van der Waals surface area contributed by atoms with Crippen LogP contribution in [0.2, 0.25) is 0 Å². The quantitative estimate of drug-likeness (QED) is 0.376. The average molecular weight is 479 g/mol. The molecule has 0 aliphatic heterocycles. The molecular weight excluding hydrogens is 448 g/mol. The van der Waals surface area contributed by atoms with E-state index in [1.807, 2.05) is 45.9 Å². The SMILES string of the molecule is COc1cc2c(Oc3ccc4[nH]c(C)cc4c3)ncnc2cc1OCCN(C)C(=O)OC(C)(C)C. The monoisotopic (exact) mass is 478 g/mol. The van der Waals surface area contributed by atoms with Gasteiger partial charge < -0.3 is 28.8 Å². The first-order chi connectivity index (χ1) is 16.6. The van der Waals surface area contributed by atoms with Crippen LogP contribution in [0, 0.1) is 6.92 Å². The number of fused-ring (bicyclic) bond motifs is 2. The van der Waals surface area contributed by atoms with Crippen molar-refractivity contribution in [3.63, 3.8) is 0 Å². The number of carbonyl (C=O) groups is 1. The van der Waals surface area contributed by atoms with Crippen molar-refractivity contribution in [3.8, 4) is 23.1 Å². The first kappa shape index (κ1) is 24.1. The zero-order chi connectivity index (χ0) is 25.2. The molecule has 0 saturated heterocycles. The molecule has 0 bridgehead atoms. The Morgan fingerprint density at radius 1 is 1.09 bits per heavy atom. The number of amides is 1. The molecule has 0 saturated carbocycles. The lowest BCUT2D eigenvalue weighted by atomic mass is 10.2. The molecule has 0 unspecified atom stereocenters. The number of aryl methyl sites for hydroxylation is 1. The largest absolute Gasteiger partial charge is 0.493 e. The van der Waals surface area contributed by atoms with Crippen molar-refractivity contribution in [2.45, 2.75) is 33.3 Å². The maximum absolute atomic E-state index is 12.2. The Kier molecular flexibility index (Phi) is 6.68. The van der Waals surface area contributed by atoms with Gasteiger partial charge >= 0.3 is 6.09 Å². The van der Waals surface area contributed by atoms with E-state index in [0.717, 1.165) is 16.6 Å². The Balaban J connectivity index is 1.51. The van der Waals surface area contributed by atoms with Crippen molar-refractivity contribution in [2.75, 3.05) is 27.3 Å². The first-order valence-corrected chi connectivity index (χ1v) is 11.3. The van der Waals surface area contributed by atoms with Crippen LogP contribution in [0.3, 0.4) is 0 Å². The lowest BCUT2D eigenvalue weighted by molar-refractivity contribution is 0.0278. The van der Waals surface area contributed by atoms with Gasteiger partial charge in [0, 0.05) is 29.7 Å². The van der Waals surface area contributed by atoms with Gasteiger partial charge in [-0.2, -0.15) is 0 Å². The van der Waals surface area contributed by atoms with Gasteiger partial charge in [0.1, 0.15) is 24.3 Å². The lowest BCUT2D eigenvalue weighted by Crippen LogP contribution is -2.36. The number of aromatic amines is 1. The highest BCUT2D eigenvalue weighted by Gasteiger charge is 2.20. The second-order valence-electron chi connectivity index (χ2n) is 9.25. The number of likely N-dealkylation sites (N-methyl/N-ethyl adjacent to an activating group) is 1. The molecule has 4 aromatic rings. The van der Waals surface area contributed by atoms with Crippen molar-refractivity contribution in [1.82, 2.24) is 19.9 Å². The summed E-state index contributed by atoms with van der Waals surface area (Å²) >= 11 is 0. The molecule has 9 nitrogen and oxygen atoms in total. The summed E-state index contributed by atoms with van der Waals surface area (Å²) in [5.74, 6) is 2.09. The van der Waals surface area contributed by atoms with Crippen molar-refractivity contribution >= 4 is 27.9 Å². The third-order valence-electron chi connectivity index (χ3n) is 5.22. The molecule has 4 rings (SSSR count). The van der Waals surface area contributed by atoms with Crippen LogP contribution < -0.4 is 14.2 Å². The second kappa shape index (κ2) is 9.69. The summed E-state index contributed by atoms with van der Waals surface area (Å²) in [5.41, 5.74) is 2.21. The van der Waals surface area contributed by atoms with Crippen LogP contribution in [0.1, 0.15) is 26.5 Å². The number of benzene rings is 2. The molecule has 2 heterocycles. The number of hydrogen-bond acceptors (Lipinski definition) is 7. The lowest BCUT2D eigenvalue weighted by Gasteiger charge is -2.24. The van der Waals surface area contributed by atoms with Crippen molar-refractivity contribution in [3.05, 3.63) is 48.4 Å². The summed E-state index contributed by atoms with van der Waals surface area (Å²) in [4.78, 5) is 25.6. The Bertz CT molecular complexity index is 1360. The Labute approximate surface area is 204 Å². The summed E-state index contributed by atoms with van der Waals surface area (Å²) in [7, 11) is 3.23. The number of nitrogens with zero attached hydrogens (tertiary/aromatic N) is 3. The molecule has 1 N–H and O–H groups in total. The number of hydrogen-bond donors (Lipinski definition) is 1. The molecule has 9 heteroatoms. The molecular formula is C26H30N4O5. The number of aromatic nitrogens is 3. The second-order valence-corrected chi connectivity index (χ2v) is 9.25. The molecule has 2 aromatic carbocycles. The summed E-state index contributed by atoms with van der Waals surface area (Å²) in [6.07, 6.45) is 1.04. The van der Waals surface area contributed by atoms with Crippen LogP contribution in [0.4, 0.5) is 4.79 Å². The van der Waals surface area contributed by atoms with E-state index in [9.17, 15) is 4.79 Å². The van der Waals surface area contributed by atoms with Gasteiger partial charge in [-0.15, -0.1) is 0 Å². The molecule has 0 aliphatic carbocycles. The van der Waals surface area contributed by atoms with E-state index in [-0.39, 0.29) is 6.61 Å². The minimum Gasteiger partial charge on any atom is -0.493 e. The van der Waals surface area contributed by atoms with E-state index in [4.69, 9.17) is 18.9 Å². The van der Waals surface area contributed by atoms with Crippen LogP contribution in [0.5, 0.6) is 23.1 Å². The first-order valence-electron chi connectivity index (χ1n) is 11.3. The number of ether oxygens (including phenoxy) is 4. The maximum atomic E-state index is 12.2. The Hall–Kier alpha value is -4.01. The van der Waals surface area contributed by atoms with Gasteiger partial charge in [0.15, 0.2) is 11.5 Å². The smallest absolute Gasteiger partial charge is 0.410 e. The number of H-pyrrole nitrogens is 1. The fourth-order valence-corrected chi connectivity index (χ4v) is 3.55. The fourth-order valence-electron chi connectivity index (χ4n) is 3.55. The van der Waals surface area contributed by atoms with Crippen LogP contribution >= 0.6 is 0 Å². The van der Waals surface area contributed by atoms with E-state index in [1.54, 1.807) is 26.3 Å². The Morgan fingerprint density at radius 2 is 1.89 bits per heavy atom. The number of rotatable bonds is 7. The topological polar surface area (TPSA) is 98.8 Å². The van der Waals surface area contributed by atoms with Gasteiger partial charge in [0.05, 0.1) is 24.6 Å². The average Bonchev–Trinajstić information content (AvgIpc) is 3.17. The van der Waals surface area contributed by atoms with Gasteiger partial charge in [-0.3, -0.25) is 0 Å². The van der Waals surface area contributed by atoms with Crippen LogP contribution in [-0.4, -0.2) is 58.9 Å². The normalized spacial score (nSPS) is 11.5. The minimum atomic E-state index is -0.556. The molecule has 0 spiro atoms. The summed E-state index contributed by atoms with van der Waals surface area (Å²) in [6, 6.07) is 11.4. The number of nitrogens with one attached hydrogen (secondary N) is 1. The van der Waals surface area contributed by atoms with Crippen molar-refractivity contribution < 1.29 is 23.7 Å². The van der Waals surface area contributed by atoms with E-state index >= 15 is 0 Å². The molecule has 0 radical (unpaired) electrons. The highest BCUT2D eigenvalue weighted by Crippen LogP contribution is 2.36. The minimum absolute atomic E-state index is 0.252. The zero-order valence-electron chi connectivity index (χ0n) is 20.8. The molecule has 0 aliphatic rings. The van der Waals surface area contributed by atoms with Crippen LogP contribution in [0.25, 0.3) is 21.8 Å². The van der Waals surface area contributed by atoms with Crippen LogP contribution in [0.15, 0.2) is 42.7 Å². The molecule has 0 atom stereocenters. The van der Waals surface area contributed by atoms with E-state index in [1.165, 1.54) is 11.2 Å².